The molecule has 9 nitrogen and oxygen atoms in total. The number of rotatable bonds is 15. The average molecular weight is 383 g/mol. The summed E-state index contributed by atoms with van der Waals surface area (Å²) in [6.07, 6.45) is 3.17. The lowest BCUT2D eigenvalue weighted by Gasteiger charge is -2.19. The topological polar surface area (TPSA) is 134 Å². The van der Waals surface area contributed by atoms with Gasteiger partial charge in [0.05, 0.1) is 13.2 Å². The van der Waals surface area contributed by atoms with Gasteiger partial charge in [0, 0.05) is 19.4 Å². The molecule has 1 unspecified atom stereocenters. The fraction of sp³-hybridized carbons (Fsp3) is 0.867. The molecule has 0 aliphatic carbocycles. The van der Waals surface area contributed by atoms with E-state index in [9.17, 15) is 19.0 Å². The van der Waals surface area contributed by atoms with Crippen molar-refractivity contribution in [3.8, 4) is 0 Å². The minimum absolute atomic E-state index is 0.0534. The standard InChI is InChI=1S/C15H30NO8P/c1-3-5-6-7-8-15(18)21-11-13(24-14(17)4-2)12-23-25(19,20)22-10-9-16/h13H,3-12,16H2,1-2H3,(H,19,20)/t13-/m1/s1. The second kappa shape index (κ2) is 14.2. The summed E-state index contributed by atoms with van der Waals surface area (Å²) < 4.78 is 31.0. The van der Waals surface area contributed by atoms with Gasteiger partial charge in [-0.3, -0.25) is 18.6 Å². The average Bonchev–Trinajstić information content (AvgIpc) is 2.59. The summed E-state index contributed by atoms with van der Waals surface area (Å²) in [7, 11) is -4.30. The summed E-state index contributed by atoms with van der Waals surface area (Å²) in [5.74, 6) is -0.955. The Morgan fingerprint density at radius 1 is 1.08 bits per heavy atom. The van der Waals surface area contributed by atoms with Gasteiger partial charge >= 0.3 is 19.8 Å². The highest BCUT2D eigenvalue weighted by atomic mass is 31.2. The second-order valence-electron chi connectivity index (χ2n) is 5.35. The first-order valence-electron chi connectivity index (χ1n) is 8.51. The van der Waals surface area contributed by atoms with Crippen LogP contribution in [0, 0.1) is 0 Å². The number of carbonyl (C=O) groups is 2. The van der Waals surface area contributed by atoms with Gasteiger partial charge in [0.1, 0.15) is 6.61 Å². The fourth-order valence-electron chi connectivity index (χ4n) is 1.72. The molecule has 2 atom stereocenters. The van der Waals surface area contributed by atoms with E-state index in [1.807, 2.05) is 0 Å². The van der Waals surface area contributed by atoms with Crippen molar-refractivity contribution in [3.05, 3.63) is 0 Å². The molecule has 0 aromatic heterocycles. The molecule has 0 amide bonds. The van der Waals surface area contributed by atoms with Crippen LogP contribution >= 0.6 is 7.82 Å². The quantitative estimate of drug-likeness (QED) is 0.247. The zero-order valence-electron chi connectivity index (χ0n) is 15.0. The highest BCUT2D eigenvalue weighted by Crippen LogP contribution is 2.43. The van der Waals surface area contributed by atoms with E-state index in [0.29, 0.717) is 0 Å². The number of ether oxygens (including phenoxy) is 2. The number of phosphoric ester groups is 1. The fourth-order valence-corrected chi connectivity index (χ4v) is 2.49. The number of hydrogen-bond acceptors (Lipinski definition) is 8. The molecule has 0 fully saturated rings. The summed E-state index contributed by atoms with van der Waals surface area (Å²) in [5.41, 5.74) is 5.18. The Labute approximate surface area is 148 Å². The van der Waals surface area contributed by atoms with Gasteiger partial charge in [0.25, 0.3) is 0 Å². The van der Waals surface area contributed by atoms with Crippen LogP contribution in [0.2, 0.25) is 0 Å². The summed E-state index contributed by atoms with van der Waals surface area (Å²) in [6, 6.07) is 0. The summed E-state index contributed by atoms with van der Waals surface area (Å²) in [4.78, 5) is 32.5. The van der Waals surface area contributed by atoms with Crippen LogP contribution in [0.25, 0.3) is 0 Å². The Bertz CT molecular complexity index is 432. The SMILES string of the molecule is CCCCCCC(=O)OC[C@H](COP(=O)(O)OCCN)OC(=O)CC. The van der Waals surface area contributed by atoms with E-state index in [1.54, 1.807) is 6.92 Å². The summed E-state index contributed by atoms with van der Waals surface area (Å²) in [6.45, 7) is 2.88. The highest BCUT2D eigenvalue weighted by molar-refractivity contribution is 7.47. The molecule has 0 saturated carbocycles. The minimum atomic E-state index is -4.30. The van der Waals surface area contributed by atoms with Crippen LogP contribution in [0.4, 0.5) is 0 Å². The number of hydrogen-bond donors (Lipinski definition) is 2. The maximum Gasteiger partial charge on any atom is 0.472 e. The first kappa shape index (κ1) is 24.0. The van der Waals surface area contributed by atoms with Crippen molar-refractivity contribution in [1.82, 2.24) is 0 Å². The first-order valence-corrected chi connectivity index (χ1v) is 10.0. The summed E-state index contributed by atoms with van der Waals surface area (Å²) >= 11 is 0. The van der Waals surface area contributed by atoms with Gasteiger partial charge in [-0.1, -0.05) is 33.1 Å². The predicted molar refractivity (Wildman–Crippen MR) is 90.7 cm³/mol. The van der Waals surface area contributed by atoms with Crippen molar-refractivity contribution in [3.63, 3.8) is 0 Å². The van der Waals surface area contributed by atoms with Gasteiger partial charge < -0.3 is 20.1 Å². The van der Waals surface area contributed by atoms with E-state index in [-0.39, 0.29) is 32.6 Å². The zero-order chi connectivity index (χ0) is 19.1. The number of carbonyl (C=O) groups excluding carboxylic acids is 2. The minimum Gasteiger partial charge on any atom is -0.462 e. The smallest absolute Gasteiger partial charge is 0.462 e. The van der Waals surface area contributed by atoms with Gasteiger partial charge in [0.2, 0.25) is 0 Å². The molecule has 0 heterocycles. The Morgan fingerprint density at radius 3 is 2.40 bits per heavy atom. The molecule has 0 saturated heterocycles. The van der Waals surface area contributed by atoms with E-state index >= 15 is 0 Å². The molecule has 0 spiro atoms. The maximum absolute atomic E-state index is 11.7. The zero-order valence-corrected chi connectivity index (χ0v) is 15.9. The molecule has 0 rings (SSSR count). The van der Waals surface area contributed by atoms with Gasteiger partial charge in [-0.25, -0.2) is 4.57 Å². The van der Waals surface area contributed by atoms with Crippen molar-refractivity contribution >= 4 is 19.8 Å². The van der Waals surface area contributed by atoms with Gasteiger partial charge in [0.15, 0.2) is 6.10 Å². The Hall–Kier alpha value is -0.990. The molecule has 0 aromatic rings. The Balaban J connectivity index is 4.35. The molecule has 0 radical (unpaired) electrons. The molecule has 10 heteroatoms. The third-order valence-corrected chi connectivity index (χ3v) is 4.03. The molecule has 25 heavy (non-hydrogen) atoms. The molecule has 148 valence electrons. The van der Waals surface area contributed by atoms with E-state index < -0.39 is 32.5 Å². The number of unbranched alkanes of at least 4 members (excludes halogenated alkanes) is 3. The largest absolute Gasteiger partial charge is 0.472 e. The van der Waals surface area contributed by atoms with Crippen LogP contribution < -0.4 is 5.73 Å². The van der Waals surface area contributed by atoms with Crippen molar-refractivity contribution in [2.24, 2.45) is 5.73 Å². The number of nitrogens with two attached hydrogens (primary N) is 1. The normalized spacial score (nSPS) is 14.6. The highest BCUT2D eigenvalue weighted by Gasteiger charge is 2.25. The van der Waals surface area contributed by atoms with Crippen LogP contribution in [-0.2, 0) is 32.7 Å². The third-order valence-electron chi connectivity index (χ3n) is 3.05. The molecule has 0 aromatic carbocycles. The van der Waals surface area contributed by atoms with E-state index in [1.165, 1.54) is 0 Å². The van der Waals surface area contributed by atoms with Crippen molar-refractivity contribution in [2.75, 3.05) is 26.4 Å². The van der Waals surface area contributed by atoms with E-state index in [4.69, 9.17) is 19.7 Å². The lowest BCUT2D eigenvalue weighted by molar-refractivity contribution is -0.161. The molecule has 0 aliphatic heterocycles. The van der Waals surface area contributed by atoms with Crippen LogP contribution in [-0.4, -0.2) is 49.3 Å². The summed E-state index contributed by atoms with van der Waals surface area (Å²) in [5, 5.41) is 0. The van der Waals surface area contributed by atoms with Crippen LogP contribution in [0.15, 0.2) is 0 Å². The van der Waals surface area contributed by atoms with Crippen LogP contribution in [0.3, 0.4) is 0 Å². The predicted octanol–water partition coefficient (Wildman–Crippen LogP) is 1.91. The van der Waals surface area contributed by atoms with Crippen LogP contribution in [0.1, 0.15) is 52.4 Å². The first-order chi connectivity index (χ1) is 11.8. The number of esters is 2. The monoisotopic (exact) mass is 383 g/mol. The van der Waals surface area contributed by atoms with Gasteiger partial charge in [-0.05, 0) is 6.42 Å². The lowest BCUT2D eigenvalue weighted by Crippen LogP contribution is -2.29. The number of phosphoric acid groups is 1. The van der Waals surface area contributed by atoms with Gasteiger partial charge in [-0.2, -0.15) is 0 Å². The molecule has 0 bridgehead atoms. The van der Waals surface area contributed by atoms with Crippen molar-refractivity contribution < 1.29 is 37.6 Å². The Kier molecular flexibility index (Phi) is 13.6. The molecule has 0 aliphatic rings. The van der Waals surface area contributed by atoms with Gasteiger partial charge in [-0.15, -0.1) is 0 Å². The van der Waals surface area contributed by atoms with E-state index in [0.717, 1.165) is 25.7 Å². The second-order valence-corrected chi connectivity index (χ2v) is 6.80. The molecular formula is C15H30NO8P. The molecular weight excluding hydrogens is 353 g/mol. The molecule has 3 N–H and O–H groups in total. The lowest BCUT2D eigenvalue weighted by atomic mass is 10.2. The maximum atomic E-state index is 11.7. The third kappa shape index (κ3) is 13.9. The Morgan fingerprint density at radius 2 is 1.80 bits per heavy atom. The van der Waals surface area contributed by atoms with Crippen molar-refractivity contribution in [2.45, 2.75) is 58.5 Å². The van der Waals surface area contributed by atoms with Crippen LogP contribution in [0.5, 0.6) is 0 Å². The van der Waals surface area contributed by atoms with E-state index in [2.05, 4.69) is 11.4 Å². The van der Waals surface area contributed by atoms with Crippen molar-refractivity contribution in [1.29, 1.82) is 0 Å².